The van der Waals surface area contributed by atoms with Gasteiger partial charge in [0.2, 0.25) is 0 Å². The molecule has 0 aliphatic carbocycles. The van der Waals surface area contributed by atoms with Crippen LogP contribution in [0.25, 0.3) is 11.1 Å². The third-order valence-corrected chi connectivity index (χ3v) is 5.19. The Kier molecular flexibility index (Phi) is 4.93. The van der Waals surface area contributed by atoms with Crippen LogP contribution in [0.2, 0.25) is 0 Å². The fourth-order valence-corrected chi connectivity index (χ4v) is 3.50. The van der Waals surface area contributed by atoms with Gasteiger partial charge in [0.25, 0.3) is 10.0 Å². The number of hydrogen-bond acceptors (Lipinski definition) is 3. The van der Waals surface area contributed by atoms with Gasteiger partial charge >= 0.3 is 6.18 Å². The maximum absolute atomic E-state index is 12.8. The lowest BCUT2D eigenvalue weighted by molar-refractivity contribution is -0.137. The molecule has 0 radical (unpaired) electrons. The molecule has 8 heteroatoms. The minimum atomic E-state index is -4.44. The number of aromatic nitrogens is 1. The van der Waals surface area contributed by atoms with Crippen LogP contribution in [0.3, 0.4) is 0 Å². The van der Waals surface area contributed by atoms with Gasteiger partial charge in [0.15, 0.2) is 0 Å². The van der Waals surface area contributed by atoms with Crippen LogP contribution in [0.4, 0.5) is 19.0 Å². The molecule has 1 N–H and O–H groups in total. The summed E-state index contributed by atoms with van der Waals surface area (Å²) in [7, 11) is -3.85. The first-order valence-electron chi connectivity index (χ1n) is 7.89. The summed E-state index contributed by atoms with van der Waals surface area (Å²) in [6.07, 6.45) is -4.44. The first-order valence-corrected chi connectivity index (χ1v) is 9.38. The predicted molar refractivity (Wildman–Crippen MR) is 96.7 cm³/mol. The van der Waals surface area contributed by atoms with Crippen molar-refractivity contribution in [1.29, 1.82) is 0 Å². The van der Waals surface area contributed by atoms with Gasteiger partial charge in [-0.1, -0.05) is 30.3 Å². The standard InChI is InChI=1S/C19H15F3N2O2S/c1-13-4-2-7-18(23-13)24-27(25,26)17-10-8-14(9-11-17)15-5-3-6-16(12-15)19(20,21)22/h2-12H,1H3,(H,23,24). The average Bonchev–Trinajstić information content (AvgIpc) is 2.61. The van der Waals surface area contributed by atoms with Crippen LogP contribution in [0.1, 0.15) is 11.3 Å². The summed E-state index contributed by atoms with van der Waals surface area (Å²) in [5.74, 6) is 0.192. The number of aryl methyl sites for hydroxylation is 1. The molecule has 2 aromatic carbocycles. The minimum Gasteiger partial charge on any atom is -0.263 e. The molecule has 0 saturated carbocycles. The molecule has 0 spiro atoms. The Morgan fingerprint density at radius 2 is 1.56 bits per heavy atom. The maximum Gasteiger partial charge on any atom is 0.416 e. The van der Waals surface area contributed by atoms with E-state index in [1.165, 1.54) is 42.5 Å². The highest BCUT2D eigenvalue weighted by Gasteiger charge is 2.30. The molecular weight excluding hydrogens is 377 g/mol. The van der Waals surface area contributed by atoms with Gasteiger partial charge in [0, 0.05) is 5.69 Å². The number of rotatable bonds is 4. The molecule has 0 fully saturated rings. The third-order valence-electron chi connectivity index (χ3n) is 3.82. The zero-order chi connectivity index (χ0) is 19.7. The van der Waals surface area contributed by atoms with E-state index < -0.39 is 21.8 Å². The van der Waals surface area contributed by atoms with Crippen LogP contribution >= 0.6 is 0 Å². The Labute approximate surface area is 154 Å². The zero-order valence-electron chi connectivity index (χ0n) is 14.2. The Balaban J connectivity index is 1.87. The quantitative estimate of drug-likeness (QED) is 0.689. The Hall–Kier alpha value is -2.87. The smallest absolute Gasteiger partial charge is 0.263 e. The number of nitrogens with one attached hydrogen (secondary N) is 1. The zero-order valence-corrected chi connectivity index (χ0v) is 15.0. The highest BCUT2D eigenvalue weighted by Crippen LogP contribution is 2.32. The first kappa shape index (κ1) is 18.9. The first-order chi connectivity index (χ1) is 12.6. The van der Waals surface area contributed by atoms with Crippen molar-refractivity contribution in [3.8, 4) is 11.1 Å². The minimum absolute atomic E-state index is 0.0125. The number of benzene rings is 2. The van der Waals surface area contributed by atoms with Crippen molar-refractivity contribution < 1.29 is 21.6 Å². The molecule has 4 nitrogen and oxygen atoms in total. The number of anilines is 1. The molecule has 0 amide bonds. The Bertz CT molecular complexity index is 1060. The van der Waals surface area contributed by atoms with Crippen molar-refractivity contribution >= 4 is 15.8 Å². The monoisotopic (exact) mass is 392 g/mol. The second kappa shape index (κ2) is 7.03. The predicted octanol–water partition coefficient (Wildman–Crippen LogP) is 4.88. The van der Waals surface area contributed by atoms with Crippen LogP contribution in [0, 0.1) is 6.92 Å². The van der Waals surface area contributed by atoms with Gasteiger partial charge in [-0.3, -0.25) is 4.72 Å². The van der Waals surface area contributed by atoms with E-state index in [9.17, 15) is 21.6 Å². The lowest BCUT2D eigenvalue weighted by atomic mass is 10.0. The van der Waals surface area contributed by atoms with Gasteiger partial charge in [-0.25, -0.2) is 13.4 Å². The molecule has 3 rings (SSSR count). The lowest BCUT2D eigenvalue weighted by Crippen LogP contribution is -2.14. The molecule has 140 valence electrons. The average molecular weight is 392 g/mol. The van der Waals surface area contributed by atoms with Crippen molar-refractivity contribution in [3.63, 3.8) is 0 Å². The van der Waals surface area contributed by atoms with Crippen molar-refractivity contribution in [3.05, 3.63) is 78.0 Å². The van der Waals surface area contributed by atoms with Crippen LogP contribution in [-0.2, 0) is 16.2 Å². The van der Waals surface area contributed by atoms with Crippen LogP contribution in [0.15, 0.2) is 71.6 Å². The summed E-state index contributed by atoms with van der Waals surface area (Å²) in [6.45, 7) is 1.74. The Morgan fingerprint density at radius 1 is 0.889 bits per heavy atom. The molecule has 0 bridgehead atoms. The van der Waals surface area contributed by atoms with Crippen molar-refractivity contribution in [1.82, 2.24) is 4.98 Å². The summed E-state index contributed by atoms with van der Waals surface area (Å²) in [5.41, 5.74) is 0.731. The third kappa shape index (κ3) is 4.46. The van der Waals surface area contributed by atoms with Gasteiger partial charge in [-0.2, -0.15) is 13.2 Å². The van der Waals surface area contributed by atoms with Crippen molar-refractivity contribution in [2.24, 2.45) is 0 Å². The van der Waals surface area contributed by atoms with Crippen LogP contribution in [0.5, 0.6) is 0 Å². The van der Waals surface area contributed by atoms with Gasteiger partial charge in [0.05, 0.1) is 10.5 Å². The van der Waals surface area contributed by atoms with E-state index in [-0.39, 0.29) is 10.7 Å². The van der Waals surface area contributed by atoms with E-state index in [2.05, 4.69) is 9.71 Å². The van der Waals surface area contributed by atoms with Crippen LogP contribution in [-0.4, -0.2) is 13.4 Å². The Morgan fingerprint density at radius 3 is 2.19 bits per heavy atom. The second-order valence-corrected chi connectivity index (χ2v) is 7.56. The number of alkyl halides is 3. The van der Waals surface area contributed by atoms with E-state index in [1.54, 1.807) is 19.1 Å². The molecule has 27 heavy (non-hydrogen) atoms. The summed E-state index contributed by atoms with van der Waals surface area (Å²) < 4.78 is 65.8. The van der Waals surface area contributed by atoms with Gasteiger partial charge < -0.3 is 0 Å². The SMILES string of the molecule is Cc1cccc(NS(=O)(=O)c2ccc(-c3cccc(C(F)(F)F)c3)cc2)n1. The fraction of sp³-hybridized carbons (Fsp3) is 0.105. The topological polar surface area (TPSA) is 59.1 Å². The normalized spacial score (nSPS) is 12.0. The largest absolute Gasteiger partial charge is 0.416 e. The van der Waals surface area contributed by atoms with Crippen molar-refractivity contribution in [2.45, 2.75) is 18.0 Å². The number of halogens is 3. The van der Waals surface area contributed by atoms with Gasteiger partial charge in [-0.05, 0) is 54.4 Å². The molecular formula is C19H15F3N2O2S. The van der Waals surface area contributed by atoms with Crippen LogP contribution < -0.4 is 4.72 Å². The number of sulfonamides is 1. The summed E-state index contributed by atoms with van der Waals surface area (Å²) in [4.78, 5) is 4.07. The lowest BCUT2D eigenvalue weighted by Gasteiger charge is -2.10. The summed E-state index contributed by atoms with van der Waals surface area (Å²) in [6, 6.07) is 15.4. The van der Waals surface area contributed by atoms with E-state index in [0.717, 1.165) is 12.1 Å². The van der Waals surface area contributed by atoms with E-state index >= 15 is 0 Å². The molecule has 3 aromatic rings. The highest BCUT2D eigenvalue weighted by atomic mass is 32.2. The number of nitrogens with zero attached hydrogens (tertiary/aromatic N) is 1. The van der Waals surface area contributed by atoms with Gasteiger partial charge in [0.1, 0.15) is 5.82 Å². The molecule has 0 aliphatic rings. The molecule has 1 heterocycles. The second-order valence-electron chi connectivity index (χ2n) is 5.87. The summed E-state index contributed by atoms with van der Waals surface area (Å²) >= 11 is 0. The van der Waals surface area contributed by atoms with E-state index in [1.807, 2.05) is 0 Å². The maximum atomic E-state index is 12.8. The molecule has 1 aromatic heterocycles. The number of hydrogen-bond donors (Lipinski definition) is 1. The van der Waals surface area contributed by atoms with Crippen molar-refractivity contribution in [2.75, 3.05) is 4.72 Å². The highest BCUT2D eigenvalue weighted by molar-refractivity contribution is 7.92. The summed E-state index contributed by atoms with van der Waals surface area (Å²) in [5, 5.41) is 0. The molecule has 0 aliphatic heterocycles. The molecule has 0 saturated heterocycles. The fourth-order valence-electron chi connectivity index (χ4n) is 2.50. The van der Waals surface area contributed by atoms with E-state index in [0.29, 0.717) is 16.8 Å². The van der Waals surface area contributed by atoms with E-state index in [4.69, 9.17) is 0 Å². The molecule has 0 unspecified atom stereocenters. The van der Waals surface area contributed by atoms with Gasteiger partial charge in [-0.15, -0.1) is 0 Å². The number of pyridine rings is 1. The molecule has 0 atom stereocenters.